The molecule has 0 aliphatic heterocycles. The number of carboxylic acid groups (broad SMARTS) is 1. The number of carbonyl (C=O) groups excluding carboxylic acids is 1. The molecule has 0 saturated carbocycles. The number of hydrogen-bond donors (Lipinski definition) is 2. The lowest BCUT2D eigenvalue weighted by Gasteiger charge is -2.09. The first kappa shape index (κ1) is 18.3. The Hall–Kier alpha value is -3.02. The zero-order valence-electron chi connectivity index (χ0n) is 14.0. The van der Waals surface area contributed by atoms with E-state index in [1.165, 1.54) is 6.07 Å². The summed E-state index contributed by atoms with van der Waals surface area (Å²) in [4.78, 5) is 23.0. The van der Waals surface area contributed by atoms with Crippen LogP contribution in [-0.4, -0.2) is 37.2 Å². The Morgan fingerprint density at radius 1 is 1.04 bits per heavy atom. The molecule has 6 heteroatoms. The maximum Gasteiger partial charge on any atom is 0.335 e. The Bertz CT molecular complexity index is 712. The molecule has 2 rings (SSSR count). The third-order valence-corrected chi connectivity index (χ3v) is 3.62. The van der Waals surface area contributed by atoms with Crippen LogP contribution in [-0.2, 0) is 11.2 Å². The molecule has 2 aromatic carbocycles. The van der Waals surface area contributed by atoms with Crippen LogP contribution in [0, 0.1) is 0 Å². The fourth-order valence-corrected chi connectivity index (χ4v) is 2.31. The van der Waals surface area contributed by atoms with Gasteiger partial charge in [0.25, 0.3) is 0 Å². The van der Waals surface area contributed by atoms with Crippen molar-refractivity contribution in [2.24, 2.45) is 0 Å². The number of nitrogens with one attached hydrogen (secondary N) is 1. The van der Waals surface area contributed by atoms with Crippen LogP contribution in [0.1, 0.15) is 22.3 Å². The highest BCUT2D eigenvalue weighted by Gasteiger charge is 2.10. The average molecular weight is 343 g/mol. The van der Waals surface area contributed by atoms with Crippen LogP contribution in [0.15, 0.2) is 48.5 Å². The maximum atomic E-state index is 11.9. The second-order valence-electron chi connectivity index (χ2n) is 5.34. The van der Waals surface area contributed by atoms with Gasteiger partial charge in [0.05, 0.1) is 19.2 Å². The second kappa shape index (κ2) is 9.32. The van der Waals surface area contributed by atoms with Crippen molar-refractivity contribution in [3.63, 3.8) is 0 Å². The van der Waals surface area contributed by atoms with Crippen molar-refractivity contribution in [2.75, 3.05) is 20.3 Å². The number of aromatic carboxylic acids is 1. The van der Waals surface area contributed by atoms with Gasteiger partial charge in [-0.25, -0.2) is 4.79 Å². The zero-order valence-corrected chi connectivity index (χ0v) is 14.0. The summed E-state index contributed by atoms with van der Waals surface area (Å²) in [7, 11) is 1.60. The lowest BCUT2D eigenvalue weighted by Crippen LogP contribution is -2.28. The monoisotopic (exact) mass is 343 g/mol. The topological polar surface area (TPSA) is 84.9 Å². The molecule has 0 unspecified atom stereocenters. The van der Waals surface area contributed by atoms with E-state index in [0.29, 0.717) is 30.9 Å². The number of ether oxygens (including phenoxy) is 2. The molecule has 132 valence electrons. The highest BCUT2D eigenvalue weighted by molar-refractivity contribution is 5.89. The van der Waals surface area contributed by atoms with E-state index in [1.807, 2.05) is 0 Å². The number of carbonyl (C=O) groups is 2. The summed E-state index contributed by atoms with van der Waals surface area (Å²) in [6.07, 6.45) is 0.612. The van der Waals surface area contributed by atoms with E-state index in [2.05, 4.69) is 5.32 Å². The summed E-state index contributed by atoms with van der Waals surface area (Å²) in [5, 5.41) is 11.9. The Labute approximate surface area is 146 Å². The van der Waals surface area contributed by atoms with E-state index < -0.39 is 5.97 Å². The van der Waals surface area contributed by atoms with Crippen molar-refractivity contribution in [3.8, 4) is 11.5 Å². The predicted octanol–water partition coefficient (Wildman–Crippen LogP) is 2.52. The maximum absolute atomic E-state index is 11.9. The van der Waals surface area contributed by atoms with Gasteiger partial charge >= 0.3 is 5.97 Å². The van der Waals surface area contributed by atoms with Crippen LogP contribution in [0.2, 0.25) is 0 Å². The van der Waals surface area contributed by atoms with Crippen molar-refractivity contribution >= 4 is 11.9 Å². The predicted molar refractivity (Wildman–Crippen MR) is 93.2 cm³/mol. The molecular weight excluding hydrogens is 322 g/mol. The van der Waals surface area contributed by atoms with Crippen molar-refractivity contribution in [3.05, 3.63) is 59.7 Å². The van der Waals surface area contributed by atoms with Crippen molar-refractivity contribution < 1.29 is 24.2 Å². The largest absolute Gasteiger partial charge is 0.497 e. The number of rotatable bonds is 9. The molecule has 25 heavy (non-hydrogen) atoms. The molecule has 0 aliphatic rings. The van der Waals surface area contributed by atoms with Gasteiger partial charge in [-0.1, -0.05) is 18.2 Å². The van der Waals surface area contributed by atoms with Gasteiger partial charge in [-0.2, -0.15) is 0 Å². The van der Waals surface area contributed by atoms with Crippen LogP contribution >= 0.6 is 0 Å². The number of carboxylic acids is 1. The van der Waals surface area contributed by atoms with E-state index in [9.17, 15) is 9.59 Å². The van der Waals surface area contributed by atoms with Gasteiger partial charge in [-0.05, 0) is 42.3 Å². The Morgan fingerprint density at radius 3 is 2.40 bits per heavy atom. The number of hydrogen-bond acceptors (Lipinski definition) is 4. The molecule has 0 heterocycles. The Kier molecular flexibility index (Phi) is 6.83. The van der Waals surface area contributed by atoms with Crippen molar-refractivity contribution in [2.45, 2.75) is 12.8 Å². The normalized spacial score (nSPS) is 10.1. The Balaban J connectivity index is 1.69. The van der Waals surface area contributed by atoms with E-state index in [4.69, 9.17) is 14.6 Å². The summed E-state index contributed by atoms with van der Waals surface area (Å²) < 4.78 is 10.6. The van der Waals surface area contributed by atoms with E-state index >= 15 is 0 Å². The zero-order chi connectivity index (χ0) is 18.1. The first-order valence-corrected chi connectivity index (χ1v) is 7.95. The SMILES string of the molecule is COc1ccc(OCCNC(=O)CCc2ccccc2C(=O)O)cc1. The van der Waals surface area contributed by atoms with Crippen molar-refractivity contribution in [1.29, 1.82) is 0 Å². The molecule has 2 aromatic rings. The van der Waals surface area contributed by atoms with Gasteiger partial charge in [0.15, 0.2) is 0 Å². The van der Waals surface area contributed by atoms with Gasteiger partial charge < -0.3 is 19.9 Å². The minimum atomic E-state index is -0.983. The molecule has 6 nitrogen and oxygen atoms in total. The molecule has 0 atom stereocenters. The third kappa shape index (κ3) is 5.84. The van der Waals surface area contributed by atoms with E-state index in [1.54, 1.807) is 49.6 Å². The summed E-state index contributed by atoms with van der Waals surface area (Å²) in [6.45, 7) is 0.731. The van der Waals surface area contributed by atoms with Crippen molar-refractivity contribution in [1.82, 2.24) is 5.32 Å². The van der Waals surface area contributed by atoms with Crippen LogP contribution in [0.4, 0.5) is 0 Å². The number of benzene rings is 2. The lowest BCUT2D eigenvalue weighted by molar-refractivity contribution is -0.121. The molecule has 0 aliphatic carbocycles. The first-order chi connectivity index (χ1) is 12.1. The summed E-state index contributed by atoms with van der Waals surface area (Å²) >= 11 is 0. The number of methoxy groups -OCH3 is 1. The molecule has 0 spiro atoms. The van der Waals surface area contributed by atoms with Gasteiger partial charge in [0, 0.05) is 6.42 Å². The molecule has 1 amide bonds. The second-order valence-corrected chi connectivity index (χ2v) is 5.34. The molecule has 0 fully saturated rings. The highest BCUT2D eigenvalue weighted by atomic mass is 16.5. The van der Waals surface area contributed by atoms with Gasteiger partial charge in [0.1, 0.15) is 18.1 Å². The third-order valence-electron chi connectivity index (χ3n) is 3.62. The van der Waals surface area contributed by atoms with Crippen LogP contribution < -0.4 is 14.8 Å². The van der Waals surface area contributed by atoms with Gasteiger partial charge in [-0.15, -0.1) is 0 Å². The molecule has 0 aromatic heterocycles. The molecule has 0 bridgehead atoms. The fourth-order valence-electron chi connectivity index (χ4n) is 2.31. The lowest BCUT2D eigenvalue weighted by atomic mass is 10.0. The molecule has 0 saturated heterocycles. The standard InChI is InChI=1S/C19H21NO5/c1-24-15-7-9-16(10-8-15)25-13-12-20-18(21)11-6-14-4-2-3-5-17(14)19(22)23/h2-5,7-10H,6,11-13H2,1H3,(H,20,21)(H,22,23). The quantitative estimate of drug-likeness (QED) is 0.684. The van der Waals surface area contributed by atoms with Crippen LogP contribution in [0.25, 0.3) is 0 Å². The summed E-state index contributed by atoms with van der Waals surface area (Å²) in [6, 6.07) is 13.9. The van der Waals surface area contributed by atoms with E-state index in [-0.39, 0.29) is 17.9 Å². The van der Waals surface area contributed by atoms with Crippen LogP contribution in [0.5, 0.6) is 11.5 Å². The Morgan fingerprint density at radius 2 is 1.72 bits per heavy atom. The smallest absolute Gasteiger partial charge is 0.335 e. The summed E-state index contributed by atoms with van der Waals surface area (Å²) in [5.74, 6) is 0.329. The fraction of sp³-hybridized carbons (Fsp3) is 0.263. The number of aryl methyl sites for hydroxylation is 1. The van der Waals surface area contributed by atoms with Crippen LogP contribution in [0.3, 0.4) is 0 Å². The minimum absolute atomic E-state index is 0.140. The first-order valence-electron chi connectivity index (χ1n) is 7.95. The molecule has 0 radical (unpaired) electrons. The molecular formula is C19H21NO5. The van der Waals surface area contributed by atoms with Gasteiger partial charge in [0.2, 0.25) is 5.91 Å². The average Bonchev–Trinajstić information content (AvgIpc) is 2.64. The highest BCUT2D eigenvalue weighted by Crippen LogP contribution is 2.16. The molecule has 2 N–H and O–H groups in total. The van der Waals surface area contributed by atoms with Gasteiger partial charge in [-0.3, -0.25) is 4.79 Å². The van der Waals surface area contributed by atoms with E-state index in [0.717, 1.165) is 5.75 Å². The summed E-state index contributed by atoms with van der Waals surface area (Å²) in [5.41, 5.74) is 0.887. The number of amides is 1. The minimum Gasteiger partial charge on any atom is -0.497 e.